The summed E-state index contributed by atoms with van der Waals surface area (Å²) in [7, 11) is 0. The number of aromatic amines is 1. The molecule has 106 valence electrons. The summed E-state index contributed by atoms with van der Waals surface area (Å²) in [6, 6.07) is 2.04. The highest BCUT2D eigenvalue weighted by Gasteiger charge is 2.19. The van der Waals surface area contributed by atoms with Crippen molar-refractivity contribution in [3.63, 3.8) is 0 Å². The number of H-pyrrole nitrogens is 1. The van der Waals surface area contributed by atoms with Crippen LogP contribution in [0.4, 0.5) is 5.82 Å². The number of nitrogens with one attached hydrogen (secondary N) is 1. The molecule has 21 heavy (non-hydrogen) atoms. The van der Waals surface area contributed by atoms with Crippen molar-refractivity contribution < 1.29 is 0 Å². The van der Waals surface area contributed by atoms with Crippen LogP contribution in [0.3, 0.4) is 0 Å². The van der Waals surface area contributed by atoms with Gasteiger partial charge in [0.05, 0.1) is 5.39 Å². The Labute approximate surface area is 121 Å². The average molecular weight is 280 g/mol. The molecule has 0 aliphatic heterocycles. The molecule has 3 aromatic rings. The SMILES string of the molecule is Cc1cnc2n[nH]c(-c3nc(N)c4c(n3)CCCC4)c2c1. The Kier molecular flexibility index (Phi) is 2.63. The number of rotatable bonds is 1. The Morgan fingerprint density at radius 3 is 2.95 bits per heavy atom. The first-order valence-electron chi connectivity index (χ1n) is 7.19. The second-order valence-electron chi connectivity index (χ2n) is 5.55. The first-order valence-corrected chi connectivity index (χ1v) is 7.19. The van der Waals surface area contributed by atoms with Crippen LogP contribution in [0.5, 0.6) is 0 Å². The Morgan fingerprint density at radius 2 is 2.05 bits per heavy atom. The molecule has 6 nitrogen and oxygen atoms in total. The second-order valence-corrected chi connectivity index (χ2v) is 5.55. The Balaban J connectivity index is 1.92. The van der Waals surface area contributed by atoms with E-state index in [9.17, 15) is 0 Å². The van der Waals surface area contributed by atoms with Crippen molar-refractivity contribution >= 4 is 16.9 Å². The number of hydrogen-bond donors (Lipinski definition) is 2. The molecule has 0 saturated carbocycles. The molecule has 3 N–H and O–H groups in total. The Hall–Kier alpha value is -2.50. The molecule has 0 fully saturated rings. The van der Waals surface area contributed by atoms with Crippen molar-refractivity contribution in [3.05, 3.63) is 29.1 Å². The predicted octanol–water partition coefficient (Wildman–Crippen LogP) is 2.18. The van der Waals surface area contributed by atoms with Crippen molar-refractivity contribution in [2.24, 2.45) is 0 Å². The van der Waals surface area contributed by atoms with E-state index in [4.69, 9.17) is 10.7 Å². The zero-order valence-electron chi connectivity index (χ0n) is 11.8. The maximum absolute atomic E-state index is 6.12. The third kappa shape index (κ3) is 1.94. The smallest absolute Gasteiger partial charge is 0.181 e. The molecule has 3 aromatic heterocycles. The predicted molar refractivity (Wildman–Crippen MR) is 80.7 cm³/mol. The molecule has 3 heterocycles. The molecule has 0 aromatic carbocycles. The molecular weight excluding hydrogens is 264 g/mol. The molecule has 6 heteroatoms. The van der Waals surface area contributed by atoms with Crippen molar-refractivity contribution in [3.8, 4) is 11.5 Å². The van der Waals surface area contributed by atoms with E-state index in [-0.39, 0.29) is 0 Å². The lowest BCUT2D eigenvalue weighted by atomic mass is 9.96. The summed E-state index contributed by atoms with van der Waals surface area (Å²) in [5.41, 5.74) is 10.9. The fourth-order valence-corrected chi connectivity index (χ4v) is 2.91. The summed E-state index contributed by atoms with van der Waals surface area (Å²) < 4.78 is 0. The standard InChI is InChI=1S/C15H16N6/c1-8-6-10-12(20-21-14(10)17-7-8)15-18-11-5-3-2-4-9(11)13(16)19-15/h6-7H,2-5H2,1H3,(H2,16,18,19)(H,17,20,21). The maximum atomic E-state index is 6.12. The van der Waals surface area contributed by atoms with Crippen LogP contribution in [0.2, 0.25) is 0 Å². The molecule has 1 aliphatic carbocycles. The summed E-state index contributed by atoms with van der Waals surface area (Å²) in [5.74, 6) is 1.21. The molecule has 0 spiro atoms. The summed E-state index contributed by atoms with van der Waals surface area (Å²) in [6.07, 6.45) is 6.07. The van der Waals surface area contributed by atoms with Gasteiger partial charge in [-0.05, 0) is 44.2 Å². The lowest BCUT2D eigenvalue weighted by molar-refractivity contribution is 0.665. The topological polar surface area (TPSA) is 93.4 Å². The molecule has 0 unspecified atom stereocenters. The van der Waals surface area contributed by atoms with Gasteiger partial charge in [-0.1, -0.05) is 0 Å². The van der Waals surface area contributed by atoms with Crippen LogP contribution in [-0.4, -0.2) is 25.1 Å². The van der Waals surface area contributed by atoms with Gasteiger partial charge in [0.25, 0.3) is 0 Å². The third-order valence-corrected chi connectivity index (χ3v) is 3.99. The van der Waals surface area contributed by atoms with Crippen LogP contribution in [-0.2, 0) is 12.8 Å². The number of nitrogens with two attached hydrogens (primary N) is 1. The highest BCUT2D eigenvalue weighted by atomic mass is 15.2. The van der Waals surface area contributed by atoms with Crippen LogP contribution in [0, 0.1) is 6.92 Å². The lowest BCUT2D eigenvalue weighted by Gasteiger charge is -2.16. The number of aryl methyl sites for hydroxylation is 2. The zero-order valence-corrected chi connectivity index (χ0v) is 11.8. The number of anilines is 1. The van der Waals surface area contributed by atoms with E-state index in [0.717, 1.165) is 53.6 Å². The van der Waals surface area contributed by atoms with Crippen molar-refractivity contribution in [2.45, 2.75) is 32.6 Å². The summed E-state index contributed by atoms with van der Waals surface area (Å²) in [5, 5.41) is 8.15. The van der Waals surface area contributed by atoms with Gasteiger partial charge in [-0.15, -0.1) is 0 Å². The lowest BCUT2D eigenvalue weighted by Crippen LogP contribution is -2.11. The number of hydrogen-bond acceptors (Lipinski definition) is 5. The fraction of sp³-hybridized carbons (Fsp3) is 0.333. The molecule has 0 bridgehead atoms. The summed E-state index contributed by atoms with van der Waals surface area (Å²) in [4.78, 5) is 13.5. The molecule has 0 saturated heterocycles. The van der Waals surface area contributed by atoms with Gasteiger partial charge in [-0.2, -0.15) is 5.10 Å². The minimum atomic E-state index is 0.595. The summed E-state index contributed by atoms with van der Waals surface area (Å²) >= 11 is 0. The first-order chi connectivity index (χ1) is 10.2. The van der Waals surface area contributed by atoms with Crippen LogP contribution in [0.15, 0.2) is 12.3 Å². The van der Waals surface area contributed by atoms with E-state index < -0.39 is 0 Å². The van der Waals surface area contributed by atoms with Gasteiger partial charge in [0, 0.05) is 17.5 Å². The van der Waals surface area contributed by atoms with E-state index in [0.29, 0.717) is 17.3 Å². The number of fused-ring (bicyclic) bond motifs is 2. The maximum Gasteiger partial charge on any atom is 0.181 e. The monoisotopic (exact) mass is 280 g/mol. The van der Waals surface area contributed by atoms with E-state index in [1.807, 2.05) is 13.0 Å². The van der Waals surface area contributed by atoms with Gasteiger partial charge in [-0.25, -0.2) is 15.0 Å². The van der Waals surface area contributed by atoms with E-state index >= 15 is 0 Å². The summed E-state index contributed by atoms with van der Waals surface area (Å²) in [6.45, 7) is 2.01. The normalized spacial score (nSPS) is 14.3. The van der Waals surface area contributed by atoms with Gasteiger partial charge >= 0.3 is 0 Å². The Bertz CT molecular complexity index is 836. The zero-order chi connectivity index (χ0) is 14.4. The minimum absolute atomic E-state index is 0.595. The van der Waals surface area contributed by atoms with Crippen LogP contribution in [0.1, 0.15) is 29.7 Å². The largest absolute Gasteiger partial charge is 0.383 e. The molecule has 0 atom stereocenters. The number of aromatic nitrogens is 5. The fourth-order valence-electron chi connectivity index (χ4n) is 2.91. The van der Waals surface area contributed by atoms with Gasteiger partial charge in [0.1, 0.15) is 11.5 Å². The van der Waals surface area contributed by atoms with Crippen LogP contribution < -0.4 is 5.73 Å². The van der Waals surface area contributed by atoms with E-state index in [1.54, 1.807) is 6.20 Å². The molecule has 1 aliphatic rings. The van der Waals surface area contributed by atoms with Crippen molar-refractivity contribution in [1.82, 2.24) is 25.1 Å². The van der Waals surface area contributed by atoms with Gasteiger partial charge < -0.3 is 5.73 Å². The highest BCUT2D eigenvalue weighted by Crippen LogP contribution is 2.28. The number of nitrogens with zero attached hydrogens (tertiary/aromatic N) is 4. The number of nitrogen functional groups attached to an aromatic ring is 1. The van der Waals surface area contributed by atoms with Gasteiger partial charge in [-0.3, -0.25) is 5.10 Å². The minimum Gasteiger partial charge on any atom is -0.383 e. The first kappa shape index (κ1) is 12.3. The second kappa shape index (κ2) is 4.51. The van der Waals surface area contributed by atoms with Crippen LogP contribution in [0.25, 0.3) is 22.6 Å². The molecule has 0 radical (unpaired) electrons. The molecule has 0 amide bonds. The quantitative estimate of drug-likeness (QED) is 0.712. The van der Waals surface area contributed by atoms with Crippen LogP contribution >= 0.6 is 0 Å². The van der Waals surface area contributed by atoms with Crippen molar-refractivity contribution in [2.75, 3.05) is 5.73 Å². The molecular formula is C15H16N6. The number of pyridine rings is 1. The van der Waals surface area contributed by atoms with Crippen molar-refractivity contribution in [1.29, 1.82) is 0 Å². The van der Waals surface area contributed by atoms with E-state index in [1.165, 1.54) is 0 Å². The van der Waals surface area contributed by atoms with Gasteiger partial charge in [0.15, 0.2) is 11.5 Å². The third-order valence-electron chi connectivity index (χ3n) is 3.99. The van der Waals surface area contributed by atoms with Gasteiger partial charge in [0.2, 0.25) is 0 Å². The average Bonchev–Trinajstić information content (AvgIpc) is 2.90. The highest BCUT2D eigenvalue weighted by molar-refractivity contribution is 5.89. The molecule has 4 rings (SSSR count). The van der Waals surface area contributed by atoms with E-state index in [2.05, 4.69) is 20.2 Å². The Morgan fingerprint density at radius 1 is 1.19 bits per heavy atom.